The van der Waals surface area contributed by atoms with Crippen molar-refractivity contribution in [3.05, 3.63) is 0 Å². The molecule has 21 heteroatoms. The van der Waals surface area contributed by atoms with Crippen LogP contribution < -0.4 is 0 Å². The molecule has 0 aliphatic carbocycles. The Bertz CT molecular complexity index is 772. The fourth-order valence-corrected chi connectivity index (χ4v) is 1.94. The van der Waals surface area contributed by atoms with Gasteiger partial charge in [-0.15, -0.1) is 0 Å². The lowest BCUT2D eigenvalue weighted by molar-refractivity contribution is -0.474. The Hall–Kier alpha value is -1.86. The highest BCUT2D eigenvalue weighted by Gasteiger charge is 2.96. The second-order valence-corrected chi connectivity index (χ2v) is 6.60. The second-order valence-electron chi connectivity index (χ2n) is 6.60. The second kappa shape index (κ2) is 8.91. The lowest BCUT2D eigenvalue weighted by atomic mass is 9.87. The van der Waals surface area contributed by atoms with Gasteiger partial charge in [-0.1, -0.05) is 6.92 Å². The predicted molar refractivity (Wildman–Crippen MR) is 71.5 cm³/mol. The Morgan fingerprint density at radius 3 is 1.11 bits per heavy atom. The molecule has 0 aromatic carbocycles. The van der Waals surface area contributed by atoms with Gasteiger partial charge in [0, 0.05) is 6.42 Å². The number of halogens is 19. The molecular weight excluding hydrogens is 561 g/mol. The molecule has 0 rings (SSSR count). The fourth-order valence-electron chi connectivity index (χ4n) is 1.94. The van der Waals surface area contributed by atoms with Gasteiger partial charge >= 0.3 is 59.5 Å². The van der Waals surface area contributed by atoms with Crippen molar-refractivity contribution < 1.29 is 92.9 Å². The maximum atomic E-state index is 13.5. The first-order chi connectivity index (χ1) is 15.0. The molecule has 0 bridgehead atoms. The molecule has 0 radical (unpaired) electrons. The van der Waals surface area contributed by atoms with Gasteiger partial charge in [0.25, 0.3) is 0 Å². The van der Waals surface area contributed by atoms with E-state index in [4.69, 9.17) is 0 Å². The highest BCUT2D eigenvalue weighted by atomic mass is 19.4. The van der Waals surface area contributed by atoms with Crippen molar-refractivity contribution >= 4 is 5.97 Å². The zero-order valence-corrected chi connectivity index (χ0v) is 16.1. The van der Waals surface area contributed by atoms with Gasteiger partial charge in [0.1, 0.15) is 0 Å². The van der Waals surface area contributed by atoms with Crippen LogP contribution in [-0.4, -0.2) is 66.1 Å². The lowest BCUT2D eigenvalue weighted by Crippen LogP contribution is -2.76. The summed E-state index contributed by atoms with van der Waals surface area (Å²) in [6.45, 7) is -3.11. The summed E-state index contributed by atoms with van der Waals surface area (Å²) in [5.74, 6) is -69.8. The standard InChI is InChI=1S/C14H9F19O2/c1-2-3-5(34)35-14(32,33)13(30,31)12(28,29)11(26,27)10(24,25)9(22,23)8(20,21)7(18,19)6(16,17)4-15/h2-4H2,1H3. The molecule has 0 aromatic rings. The highest BCUT2D eigenvalue weighted by molar-refractivity contribution is 5.69. The molecule has 0 N–H and O–H groups in total. The lowest BCUT2D eigenvalue weighted by Gasteiger charge is -2.43. The van der Waals surface area contributed by atoms with Crippen LogP contribution in [0.3, 0.4) is 0 Å². The van der Waals surface area contributed by atoms with E-state index in [1.54, 1.807) is 0 Å². The Balaban J connectivity index is 6.84. The number of carbonyl (C=O) groups excluding carboxylic acids is 1. The molecule has 0 aliphatic heterocycles. The number of esters is 1. The van der Waals surface area contributed by atoms with Crippen LogP contribution in [0.5, 0.6) is 0 Å². The normalized spacial score (nSPS) is 15.9. The quantitative estimate of drug-likeness (QED) is 0.187. The van der Waals surface area contributed by atoms with E-state index < -0.39 is 79.0 Å². The number of ether oxygens (including phenoxy) is 1. The molecule has 0 aromatic heterocycles. The van der Waals surface area contributed by atoms with E-state index >= 15 is 0 Å². The maximum absolute atomic E-state index is 13.5. The van der Waals surface area contributed by atoms with E-state index in [2.05, 4.69) is 4.74 Å². The largest absolute Gasteiger partial charge is 0.473 e. The average Bonchev–Trinajstić information content (AvgIpc) is 2.66. The third-order valence-electron chi connectivity index (χ3n) is 4.05. The minimum atomic E-state index is -8.96. The highest BCUT2D eigenvalue weighted by Crippen LogP contribution is 2.65. The van der Waals surface area contributed by atoms with Gasteiger partial charge in [-0.2, -0.15) is 79.0 Å². The molecule has 0 heterocycles. The monoisotopic (exact) mass is 570 g/mol. The van der Waals surface area contributed by atoms with E-state index in [1.165, 1.54) is 0 Å². The molecule has 0 saturated carbocycles. The van der Waals surface area contributed by atoms with E-state index in [-0.39, 0.29) is 0 Å². The molecule has 0 amide bonds. The average molecular weight is 570 g/mol. The van der Waals surface area contributed by atoms with Crippen LogP contribution in [0, 0.1) is 0 Å². The molecule has 0 aliphatic rings. The third-order valence-corrected chi connectivity index (χ3v) is 4.05. The Labute approximate surface area is 180 Å². The summed E-state index contributed by atoms with van der Waals surface area (Å²) in [5, 5.41) is 0. The van der Waals surface area contributed by atoms with Crippen LogP contribution in [0.1, 0.15) is 19.8 Å². The number of rotatable bonds is 12. The predicted octanol–water partition coefficient (Wildman–Crippen LogP) is 6.97. The minimum absolute atomic E-state index is 0.565. The minimum Gasteiger partial charge on any atom is -0.396 e. The van der Waals surface area contributed by atoms with Gasteiger partial charge < -0.3 is 4.74 Å². The summed E-state index contributed by atoms with van der Waals surface area (Å²) >= 11 is 0. The van der Waals surface area contributed by atoms with Crippen LogP contribution >= 0.6 is 0 Å². The molecule has 0 spiro atoms. The summed E-state index contributed by atoms with van der Waals surface area (Å²) < 4.78 is 253. The summed E-state index contributed by atoms with van der Waals surface area (Å²) in [4.78, 5) is 10.8. The fraction of sp³-hybridized carbons (Fsp3) is 0.929. The van der Waals surface area contributed by atoms with Gasteiger partial charge in [0.05, 0.1) is 0 Å². The number of carbonyl (C=O) groups is 1. The first kappa shape index (κ1) is 33.1. The molecule has 2 nitrogen and oxygen atoms in total. The van der Waals surface area contributed by atoms with Gasteiger partial charge in [-0.3, -0.25) is 4.79 Å². The topological polar surface area (TPSA) is 26.3 Å². The Morgan fingerprint density at radius 2 is 0.829 bits per heavy atom. The summed E-state index contributed by atoms with van der Waals surface area (Å²) in [6.07, 6.45) is -9.14. The maximum Gasteiger partial charge on any atom is 0.473 e. The van der Waals surface area contributed by atoms with Gasteiger partial charge in [0.2, 0.25) is 0 Å². The number of alkyl halides is 19. The molecule has 35 heavy (non-hydrogen) atoms. The first-order valence-corrected chi connectivity index (χ1v) is 8.20. The molecule has 210 valence electrons. The Kier molecular flexibility index (Phi) is 8.44. The van der Waals surface area contributed by atoms with Crippen molar-refractivity contribution in [3.8, 4) is 0 Å². The van der Waals surface area contributed by atoms with Gasteiger partial charge in [-0.25, -0.2) is 4.39 Å². The zero-order valence-electron chi connectivity index (χ0n) is 16.1. The van der Waals surface area contributed by atoms with Gasteiger partial charge in [0.15, 0.2) is 6.67 Å². The van der Waals surface area contributed by atoms with Crippen molar-refractivity contribution in [1.29, 1.82) is 0 Å². The molecular formula is C14H9F19O2. The van der Waals surface area contributed by atoms with Crippen molar-refractivity contribution in [2.45, 2.75) is 73.3 Å². The van der Waals surface area contributed by atoms with E-state index in [9.17, 15) is 88.2 Å². The molecule has 0 atom stereocenters. The van der Waals surface area contributed by atoms with Crippen molar-refractivity contribution in [1.82, 2.24) is 0 Å². The Morgan fingerprint density at radius 1 is 0.543 bits per heavy atom. The molecule has 0 unspecified atom stereocenters. The molecule has 0 fully saturated rings. The van der Waals surface area contributed by atoms with Crippen LogP contribution in [-0.2, 0) is 9.53 Å². The zero-order chi connectivity index (χ0) is 28.9. The molecule has 0 saturated heterocycles. The van der Waals surface area contributed by atoms with Crippen LogP contribution in [0.2, 0.25) is 0 Å². The summed E-state index contributed by atoms with van der Waals surface area (Å²) in [6, 6.07) is 0. The number of hydrogen-bond acceptors (Lipinski definition) is 2. The van der Waals surface area contributed by atoms with E-state index in [0.717, 1.165) is 6.92 Å². The summed E-state index contributed by atoms with van der Waals surface area (Å²) in [5.41, 5.74) is 0. The number of hydrogen-bond donors (Lipinski definition) is 0. The van der Waals surface area contributed by atoms with Crippen molar-refractivity contribution in [3.63, 3.8) is 0 Å². The van der Waals surface area contributed by atoms with Crippen molar-refractivity contribution in [2.75, 3.05) is 6.67 Å². The first-order valence-electron chi connectivity index (χ1n) is 8.20. The van der Waals surface area contributed by atoms with Gasteiger partial charge in [-0.05, 0) is 6.42 Å². The smallest absolute Gasteiger partial charge is 0.396 e. The third kappa shape index (κ3) is 4.43. The van der Waals surface area contributed by atoms with Crippen molar-refractivity contribution in [2.24, 2.45) is 0 Å². The SMILES string of the molecule is CCCC(=O)OC(F)(F)C(F)(F)C(F)(F)C(F)(F)C(F)(F)C(F)(F)C(F)(F)C(F)(F)C(F)(F)CF. The summed E-state index contributed by atoms with van der Waals surface area (Å²) in [7, 11) is 0. The van der Waals surface area contributed by atoms with Crippen LogP contribution in [0.25, 0.3) is 0 Å². The van der Waals surface area contributed by atoms with E-state index in [0.29, 0.717) is 0 Å². The van der Waals surface area contributed by atoms with E-state index in [1.807, 2.05) is 0 Å². The van der Waals surface area contributed by atoms with Crippen LogP contribution in [0.4, 0.5) is 83.4 Å². The van der Waals surface area contributed by atoms with Crippen LogP contribution in [0.15, 0.2) is 0 Å².